The van der Waals surface area contributed by atoms with Crippen molar-refractivity contribution < 1.29 is 13.9 Å². The van der Waals surface area contributed by atoms with Gasteiger partial charge in [0.1, 0.15) is 12.4 Å². The summed E-state index contributed by atoms with van der Waals surface area (Å²) < 4.78 is 22.8. The second-order valence-electron chi connectivity index (χ2n) is 2.74. The van der Waals surface area contributed by atoms with Crippen molar-refractivity contribution in [2.24, 2.45) is 0 Å². The Balaban J connectivity index is 2.21. The summed E-state index contributed by atoms with van der Waals surface area (Å²) in [6, 6.07) is 5.97. The average Bonchev–Trinajstić information content (AvgIpc) is 2.52. The van der Waals surface area contributed by atoms with Crippen LogP contribution in [0.1, 0.15) is 11.9 Å². The molecule has 0 aliphatic carbocycles. The van der Waals surface area contributed by atoms with Gasteiger partial charge in [-0.1, -0.05) is 12.1 Å². The van der Waals surface area contributed by atoms with Crippen LogP contribution in [0.25, 0.3) is 0 Å². The topological polar surface area (TPSA) is 42.3 Å². The molecule has 1 saturated heterocycles. The Morgan fingerprint density at radius 1 is 1.46 bits per heavy atom. The van der Waals surface area contributed by atoms with Crippen LogP contribution in [-0.2, 0) is 9.47 Å². The Morgan fingerprint density at radius 3 is 2.92 bits per heavy atom. The molecule has 13 heavy (non-hydrogen) atoms. The molecule has 0 radical (unpaired) electrons. The first-order valence-electron chi connectivity index (χ1n) is 3.87. The van der Waals surface area contributed by atoms with Crippen molar-refractivity contribution in [3.05, 3.63) is 35.6 Å². The third kappa shape index (κ3) is 1.67. The van der Waals surface area contributed by atoms with Gasteiger partial charge in [-0.15, -0.1) is 0 Å². The van der Waals surface area contributed by atoms with E-state index in [1.54, 1.807) is 12.1 Å². The molecule has 1 N–H and O–H groups in total. The average molecular weight is 181 g/mol. The molecule has 3 nitrogen and oxygen atoms in total. The fourth-order valence-electron chi connectivity index (χ4n) is 1.17. The van der Waals surface area contributed by atoms with Crippen LogP contribution in [0.4, 0.5) is 4.39 Å². The maximum atomic E-state index is 12.8. The maximum Gasteiger partial charge on any atom is 0.228 e. The Morgan fingerprint density at radius 2 is 2.31 bits per heavy atom. The first-order valence-corrected chi connectivity index (χ1v) is 3.87. The van der Waals surface area contributed by atoms with Gasteiger partial charge < -0.3 is 9.47 Å². The van der Waals surface area contributed by atoms with E-state index in [9.17, 15) is 4.39 Å². The summed E-state index contributed by atoms with van der Waals surface area (Å²) in [5, 5.41) is 7.14. The van der Waals surface area contributed by atoms with E-state index in [-0.39, 0.29) is 18.3 Å². The molecule has 0 spiro atoms. The van der Waals surface area contributed by atoms with Crippen LogP contribution in [0.3, 0.4) is 0 Å². The van der Waals surface area contributed by atoms with Crippen LogP contribution in [0.15, 0.2) is 24.3 Å². The van der Waals surface area contributed by atoms with Crippen LogP contribution in [-0.4, -0.2) is 12.5 Å². The first kappa shape index (κ1) is 8.19. The molecule has 1 aromatic carbocycles. The smallest absolute Gasteiger partial charge is 0.228 e. The molecule has 0 amide bonds. The highest BCUT2D eigenvalue weighted by Gasteiger charge is 2.23. The maximum absolute atomic E-state index is 12.8. The lowest BCUT2D eigenvalue weighted by molar-refractivity contribution is -0.0248. The van der Waals surface area contributed by atoms with Crippen molar-refractivity contribution in [1.82, 2.24) is 0 Å². The zero-order chi connectivity index (χ0) is 9.26. The number of rotatable bonds is 1. The largest absolute Gasteiger partial charge is 0.445 e. The van der Waals surface area contributed by atoms with Crippen molar-refractivity contribution in [2.45, 2.75) is 6.29 Å². The minimum atomic E-state index is -0.622. The van der Waals surface area contributed by atoms with Crippen LogP contribution in [0, 0.1) is 11.2 Å². The highest BCUT2D eigenvalue weighted by molar-refractivity contribution is 5.75. The van der Waals surface area contributed by atoms with Crippen molar-refractivity contribution in [3.8, 4) is 0 Å². The van der Waals surface area contributed by atoms with Gasteiger partial charge in [0.25, 0.3) is 0 Å². The Bertz CT molecular complexity index is 340. The standard InChI is InChI=1S/C9H8FNO2/c10-7-3-1-2-6(4-7)9-12-5-8(11)13-9/h1-4,9,11H,5H2. The fourth-order valence-corrected chi connectivity index (χ4v) is 1.17. The van der Waals surface area contributed by atoms with E-state index in [2.05, 4.69) is 0 Å². The van der Waals surface area contributed by atoms with Gasteiger partial charge in [-0.25, -0.2) is 4.39 Å². The Labute approximate surface area is 74.6 Å². The Hall–Kier alpha value is -1.42. The molecule has 0 bridgehead atoms. The molecule has 1 aromatic rings. The number of nitrogens with one attached hydrogen (secondary N) is 1. The van der Waals surface area contributed by atoms with E-state index in [1.165, 1.54) is 12.1 Å². The van der Waals surface area contributed by atoms with Crippen molar-refractivity contribution in [3.63, 3.8) is 0 Å². The predicted octanol–water partition coefficient (Wildman–Crippen LogP) is 1.85. The van der Waals surface area contributed by atoms with Gasteiger partial charge in [0.15, 0.2) is 0 Å². The zero-order valence-corrected chi connectivity index (χ0v) is 6.79. The number of ether oxygens (including phenoxy) is 2. The second-order valence-corrected chi connectivity index (χ2v) is 2.74. The van der Waals surface area contributed by atoms with Gasteiger partial charge in [-0.3, -0.25) is 5.41 Å². The summed E-state index contributed by atoms with van der Waals surface area (Å²) in [5.41, 5.74) is 0.599. The summed E-state index contributed by atoms with van der Waals surface area (Å²) in [5.74, 6) is -0.252. The second kappa shape index (κ2) is 3.14. The van der Waals surface area contributed by atoms with E-state index in [0.717, 1.165) is 0 Å². The van der Waals surface area contributed by atoms with Crippen LogP contribution in [0.2, 0.25) is 0 Å². The highest BCUT2D eigenvalue weighted by atomic mass is 19.1. The molecule has 1 aliphatic heterocycles. The van der Waals surface area contributed by atoms with E-state index >= 15 is 0 Å². The molecule has 0 saturated carbocycles. The monoisotopic (exact) mass is 181 g/mol. The molecule has 68 valence electrons. The van der Waals surface area contributed by atoms with Gasteiger partial charge in [0, 0.05) is 5.56 Å². The summed E-state index contributed by atoms with van der Waals surface area (Å²) in [4.78, 5) is 0. The lowest BCUT2D eigenvalue weighted by Gasteiger charge is -2.08. The summed E-state index contributed by atoms with van der Waals surface area (Å²) in [6.07, 6.45) is -0.622. The molecular weight excluding hydrogens is 173 g/mol. The van der Waals surface area contributed by atoms with Gasteiger partial charge >= 0.3 is 0 Å². The molecular formula is C9H8FNO2. The number of hydrogen-bond acceptors (Lipinski definition) is 3. The minimum absolute atomic E-state index is 0.0780. The first-order chi connectivity index (χ1) is 6.25. The van der Waals surface area contributed by atoms with E-state index in [0.29, 0.717) is 5.56 Å². The van der Waals surface area contributed by atoms with Crippen molar-refractivity contribution in [2.75, 3.05) is 6.61 Å². The SMILES string of the molecule is N=C1COC(c2cccc(F)c2)O1. The molecule has 2 rings (SSSR count). The van der Waals surface area contributed by atoms with Gasteiger partial charge in [-0.05, 0) is 12.1 Å². The summed E-state index contributed by atoms with van der Waals surface area (Å²) in [6.45, 7) is 0.154. The zero-order valence-electron chi connectivity index (χ0n) is 6.79. The highest BCUT2D eigenvalue weighted by Crippen LogP contribution is 2.24. The Kier molecular flexibility index (Phi) is 1.98. The number of benzene rings is 1. The predicted molar refractivity (Wildman–Crippen MR) is 43.9 cm³/mol. The van der Waals surface area contributed by atoms with Gasteiger partial charge in [0.2, 0.25) is 12.2 Å². The van der Waals surface area contributed by atoms with Gasteiger partial charge in [-0.2, -0.15) is 0 Å². The van der Waals surface area contributed by atoms with E-state index < -0.39 is 6.29 Å². The molecule has 1 unspecified atom stereocenters. The molecule has 0 aromatic heterocycles. The van der Waals surface area contributed by atoms with Crippen LogP contribution < -0.4 is 0 Å². The number of halogens is 1. The number of hydrogen-bond donors (Lipinski definition) is 1. The third-order valence-corrected chi connectivity index (χ3v) is 1.74. The molecule has 1 aliphatic rings. The van der Waals surface area contributed by atoms with E-state index in [1.807, 2.05) is 0 Å². The minimum Gasteiger partial charge on any atom is -0.445 e. The normalized spacial score (nSPS) is 21.6. The van der Waals surface area contributed by atoms with Crippen molar-refractivity contribution in [1.29, 1.82) is 5.41 Å². The summed E-state index contributed by atoms with van der Waals surface area (Å²) in [7, 11) is 0. The quantitative estimate of drug-likeness (QED) is 0.718. The third-order valence-electron chi connectivity index (χ3n) is 1.74. The molecule has 1 heterocycles. The molecule has 1 fully saturated rings. The summed E-state index contributed by atoms with van der Waals surface area (Å²) >= 11 is 0. The molecule has 1 atom stereocenters. The fraction of sp³-hybridized carbons (Fsp3) is 0.222. The van der Waals surface area contributed by atoms with Crippen molar-refractivity contribution >= 4 is 5.90 Å². The lowest BCUT2D eigenvalue weighted by Crippen LogP contribution is -1.99. The lowest BCUT2D eigenvalue weighted by atomic mass is 10.2. The van der Waals surface area contributed by atoms with Crippen LogP contribution >= 0.6 is 0 Å². The van der Waals surface area contributed by atoms with Gasteiger partial charge in [0.05, 0.1) is 0 Å². The van der Waals surface area contributed by atoms with Crippen LogP contribution in [0.5, 0.6) is 0 Å². The van der Waals surface area contributed by atoms with E-state index in [4.69, 9.17) is 14.9 Å². The molecule has 4 heteroatoms.